The number of hydrogen-bond donors (Lipinski definition) is 0. The fourth-order valence-corrected chi connectivity index (χ4v) is 3.38. The summed E-state index contributed by atoms with van der Waals surface area (Å²) in [6, 6.07) is 8.64. The molecule has 0 fully saturated rings. The van der Waals surface area contributed by atoms with Crippen LogP contribution in [0.4, 0.5) is 0 Å². The van der Waals surface area contributed by atoms with Crippen molar-refractivity contribution in [2.45, 2.75) is 59.3 Å². The molecule has 0 aliphatic heterocycles. The molecule has 0 saturated carbocycles. The molecular weight excluding hydrogens is 294 g/mol. The molecule has 0 bridgehead atoms. The lowest BCUT2D eigenvalue weighted by Crippen LogP contribution is -2.40. The molecule has 2 aromatic rings. The molecule has 1 heterocycles. The lowest BCUT2D eigenvalue weighted by molar-refractivity contribution is 0.238. The zero-order chi connectivity index (χ0) is 18.3. The third-order valence-corrected chi connectivity index (χ3v) is 5.35. The normalized spacial score (nSPS) is 15.0. The lowest BCUT2D eigenvalue weighted by Gasteiger charge is -2.43. The largest absolute Gasteiger partial charge is 0.337 e. The maximum Gasteiger partial charge on any atom is 0.0994 e. The minimum absolute atomic E-state index is 0.00981. The van der Waals surface area contributed by atoms with Gasteiger partial charge in [0.2, 0.25) is 0 Å². The summed E-state index contributed by atoms with van der Waals surface area (Å²) in [7, 11) is 2.04. The fourth-order valence-electron chi connectivity index (χ4n) is 3.38. The molecule has 128 valence electrons. The van der Waals surface area contributed by atoms with E-state index in [0.29, 0.717) is 0 Å². The minimum atomic E-state index is -0.216. The predicted molar refractivity (Wildman–Crippen MR) is 99.0 cm³/mol. The molecule has 0 radical (unpaired) electrons. The Labute approximate surface area is 146 Å². The van der Waals surface area contributed by atoms with E-state index in [-0.39, 0.29) is 16.2 Å². The lowest BCUT2D eigenvalue weighted by atomic mass is 9.61. The van der Waals surface area contributed by atoms with Crippen molar-refractivity contribution in [1.29, 1.82) is 5.26 Å². The predicted octanol–water partition coefficient (Wildman–Crippen LogP) is 4.94. The Bertz CT molecular complexity index is 779. The highest BCUT2D eigenvalue weighted by molar-refractivity contribution is 5.48. The first-order valence-corrected chi connectivity index (χ1v) is 8.45. The van der Waals surface area contributed by atoms with Crippen molar-refractivity contribution in [3.05, 3.63) is 53.1 Å². The van der Waals surface area contributed by atoms with Gasteiger partial charge in [0.1, 0.15) is 0 Å². The first-order chi connectivity index (χ1) is 10.9. The Kier molecular flexibility index (Phi) is 4.39. The summed E-state index contributed by atoms with van der Waals surface area (Å²) in [4.78, 5) is 4.34. The maximum absolute atomic E-state index is 9.50. The van der Waals surface area contributed by atoms with Gasteiger partial charge in [-0.1, -0.05) is 53.7 Å². The van der Waals surface area contributed by atoms with Gasteiger partial charge in [0, 0.05) is 24.4 Å². The summed E-state index contributed by atoms with van der Waals surface area (Å²) in [5.41, 5.74) is 3.96. The summed E-state index contributed by atoms with van der Waals surface area (Å²) in [6.45, 7) is 15.5. The third-order valence-electron chi connectivity index (χ3n) is 5.35. The zero-order valence-corrected chi connectivity index (χ0v) is 16.2. The van der Waals surface area contributed by atoms with E-state index < -0.39 is 0 Å². The smallest absolute Gasteiger partial charge is 0.0994 e. The summed E-state index contributed by atoms with van der Waals surface area (Å²) < 4.78 is 2.10. The van der Waals surface area contributed by atoms with Gasteiger partial charge >= 0.3 is 0 Å². The van der Waals surface area contributed by atoms with E-state index in [9.17, 15) is 5.26 Å². The molecule has 0 aliphatic carbocycles. The molecule has 1 aromatic heterocycles. The number of imidazole rings is 1. The topological polar surface area (TPSA) is 41.6 Å². The van der Waals surface area contributed by atoms with Crippen LogP contribution in [-0.4, -0.2) is 9.55 Å². The monoisotopic (exact) mass is 323 g/mol. The number of nitrogens with zero attached hydrogens (tertiary/aromatic N) is 3. The number of nitriles is 1. The van der Waals surface area contributed by atoms with Gasteiger partial charge in [0.05, 0.1) is 18.0 Å². The van der Waals surface area contributed by atoms with Crippen LogP contribution in [0.1, 0.15) is 70.9 Å². The highest BCUT2D eigenvalue weighted by Gasteiger charge is 2.43. The molecule has 0 spiro atoms. The van der Waals surface area contributed by atoms with Gasteiger partial charge in [-0.25, -0.2) is 4.98 Å². The molecule has 3 nitrogen and oxygen atoms in total. The highest BCUT2D eigenvalue weighted by atomic mass is 15.0. The van der Waals surface area contributed by atoms with Crippen LogP contribution in [0.25, 0.3) is 0 Å². The molecule has 2 rings (SSSR count). The summed E-state index contributed by atoms with van der Waals surface area (Å²) in [5, 5.41) is 9.50. The van der Waals surface area contributed by atoms with Crippen molar-refractivity contribution in [2.75, 3.05) is 0 Å². The third kappa shape index (κ3) is 2.86. The Morgan fingerprint density at radius 1 is 1.04 bits per heavy atom. The number of hydrogen-bond acceptors (Lipinski definition) is 2. The van der Waals surface area contributed by atoms with E-state index in [1.54, 1.807) is 0 Å². The van der Waals surface area contributed by atoms with E-state index in [1.165, 1.54) is 11.3 Å². The second-order valence-corrected chi connectivity index (χ2v) is 8.89. The van der Waals surface area contributed by atoms with Crippen molar-refractivity contribution in [2.24, 2.45) is 12.5 Å². The van der Waals surface area contributed by atoms with Gasteiger partial charge in [-0.3, -0.25) is 0 Å². The highest BCUT2D eigenvalue weighted by Crippen LogP contribution is 2.47. The first-order valence-electron chi connectivity index (χ1n) is 8.45. The van der Waals surface area contributed by atoms with E-state index in [0.717, 1.165) is 11.1 Å². The number of aromatic nitrogens is 2. The average molecular weight is 323 g/mol. The van der Waals surface area contributed by atoms with Gasteiger partial charge in [-0.05, 0) is 34.9 Å². The van der Waals surface area contributed by atoms with Crippen molar-refractivity contribution in [1.82, 2.24) is 9.55 Å². The zero-order valence-electron chi connectivity index (χ0n) is 16.2. The Balaban J connectivity index is 2.79. The van der Waals surface area contributed by atoms with Gasteiger partial charge in [0.15, 0.2) is 0 Å². The van der Waals surface area contributed by atoms with E-state index in [1.807, 2.05) is 25.6 Å². The molecule has 24 heavy (non-hydrogen) atoms. The maximum atomic E-state index is 9.50. The molecule has 0 saturated heterocycles. The van der Waals surface area contributed by atoms with E-state index in [4.69, 9.17) is 0 Å². The summed E-state index contributed by atoms with van der Waals surface area (Å²) in [6.07, 6.45) is 3.81. The van der Waals surface area contributed by atoms with Crippen LogP contribution in [-0.2, 0) is 17.9 Å². The molecule has 0 aliphatic rings. The van der Waals surface area contributed by atoms with Crippen LogP contribution in [0, 0.1) is 16.7 Å². The van der Waals surface area contributed by atoms with Crippen molar-refractivity contribution in [3.63, 3.8) is 0 Å². The van der Waals surface area contributed by atoms with Crippen LogP contribution in [0.15, 0.2) is 30.7 Å². The fraction of sp³-hybridized carbons (Fsp3) is 0.524. The van der Waals surface area contributed by atoms with E-state index in [2.05, 4.69) is 76.2 Å². The van der Waals surface area contributed by atoms with Crippen LogP contribution < -0.4 is 0 Å². The Morgan fingerprint density at radius 2 is 1.67 bits per heavy atom. The van der Waals surface area contributed by atoms with E-state index >= 15 is 0 Å². The molecule has 1 atom stereocenters. The second kappa shape index (κ2) is 5.77. The summed E-state index contributed by atoms with van der Waals surface area (Å²) >= 11 is 0. The molecule has 1 unspecified atom stereocenters. The SMILES string of the molecule is Cn1cncc1C(C)(c1ccc(C#N)c(C(C)(C)C)c1)C(C)(C)C. The number of aryl methyl sites for hydroxylation is 1. The quantitative estimate of drug-likeness (QED) is 0.785. The van der Waals surface area contributed by atoms with Crippen LogP contribution in [0.5, 0.6) is 0 Å². The van der Waals surface area contributed by atoms with Crippen molar-refractivity contribution in [3.8, 4) is 6.07 Å². The standard InChI is InChI=1S/C21H29N3/c1-19(2,3)17-11-16(10-9-15(17)12-22)21(7,20(4,5)6)18-13-23-14-24(18)8/h9-11,13-14H,1-8H3. The van der Waals surface area contributed by atoms with Gasteiger partial charge in [-0.15, -0.1) is 0 Å². The molecule has 3 heteroatoms. The number of benzene rings is 1. The van der Waals surface area contributed by atoms with Gasteiger partial charge in [0.25, 0.3) is 0 Å². The molecule has 0 amide bonds. The van der Waals surface area contributed by atoms with Crippen LogP contribution in [0.2, 0.25) is 0 Å². The Morgan fingerprint density at radius 3 is 2.08 bits per heavy atom. The van der Waals surface area contributed by atoms with Crippen LogP contribution >= 0.6 is 0 Å². The van der Waals surface area contributed by atoms with Crippen LogP contribution in [0.3, 0.4) is 0 Å². The minimum Gasteiger partial charge on any atom is -0.337 e. The van der Waals surface area contributed by atoms with Crippen molar-refractivity contribution >= 4 is 0 Å². The van der Waals surface area contributed by atoms with Gasteiger partial charge < -0.3 is 4.57 Å². The molecule has 0 N–H and O–H groups in total. The first kappa shape index (κ1) is 18.3. The average Bonchev–Trinajstić information content (AvgIpc) is 2.90. The van der Waals surface area contributed by atoms with Gasteiger partial charge in [-0.2, -0.15) is 5.26 Å². The molecular formula is C21H29N3. The summed E-state index contributed by atoms with van der Waals surface area (Å²) in [5.74, 6) is 0. The number of rotatable bonds is 2. The molecule has 1 aromatic carbocycles. The van der Waals surface area contributed by atoms with Crippen molar-refractivity contribution < 1.29 is 0 Å². The second-order valence-electron chi connectivity index (χ2n) is 8.89. The Hall–Kier alpha value is -2.08.